The molecule has 0 heterocycles. The molecular formula is C12H14N2O. The zero-order valence-corrected chi connectivity index (χ0v) is 8.90. The molecule has 15 heavy (non-hydrogen) atoms. The van der Waals surface area contributed by atoms with E-state index in [9.17, 15) is 4.79 Å². The van der Waals surface area contributed by atoms with Gasteiger partial charge in [0.1, 0.15) is 6.29 Å². The first-order valence-corrected chi connectivity index (χ1v) is 4.89. The summed E-state index contributed by atoms with van der Waals surface area (Å²) in [6, 6.07) is 8.92. The highest BCUT2D eigenvalue weighted by Crippen LogP contribution is 2.12. The Hall–Kier alpha value is -1.82. The van der Waals surface area contributed by atoms with Gasteiger partial charge in [0.2, 0.25) is 0 Å². The number of nitriles is 1. The number of aldehydes is 1. The Morgan fingerprint density at radius 3 is 2.33 bits per heavy atom. The molecule has 0 bridgehead atoms. The van der Waals surface area contributed by atoms with Gasteiger partial charge in [0.15, 0.2) is 0 Å². The topological polar surface area (TPSA) is 52.9 Å². The molecule has 1 atom stereocenters. The van der Waals surface area contributed by atoms with Crippen molar-refractivity contribution >= 4 is 12.0 Å². The molecule has 0 radical (unpaired) electrons. The van der Waals surface area contributed by atoms with Crippen molar-refractivity contribution in [1.82, 2.24) is 0 Å². The van der Waals surface area contributed by atoms with Crippen LogP contribution in [0.5, 0.6) is 0 Å². The van der Waals surface area contributed by atoms with Crippen LogP contribution in [0.25, 0.3) is 0 Å². The smallest absolute Gasteiger partial charge is 0.142 e. The quantitative estimate of drug-likeness (QED) is 0.761. The van der Waals surface area contributed by atoms with Crippen LogP contribution in [0.2, 0.25) is 0 Å². The summed E-state index contributed by atoms with van der Waals surface area (Å²) in [4.78, 5) is 10.8. The highest BCUT2D eigenvalue weighted by Gasteiger charge is 2.10. The number of anilines is 1. The van der Waals surface area contributed by atoms with Gasteiger partial charge in [-0.3, -0.25) is 0 Å². The summed E-state index contributed by atoms with van der Waals surface area (Å²) in [6.45, 7) is 3.96. The van der Waals surface area contributed by atoms with Gasteiger partial charge >= 0.3 is 0 Å². The van der Waals surface area contributed by atoms with Crippen LogP contribution in [0, 0.1) is 17.2 Å². The second kappa shape index (κ2) is 5.16. The number of hydrogen-bond donors (Lipinski definition) is 1. The van der Waals surface area contributed by atoms with Crippen LogP contribution in [0.1, 0.15) is 19.4 Å². The first kappa shape index (κ1) is 11.3. The standard InChI is InChI=1S/C12H14N2O/c1-9(2)12(8-15)14-11-5-3-10(7-13)4-6-11/h3-6,8-9,12,14H,1-2H3/t12-/m1/s1. The summed E-state index contributed by atoms with van der Waals surface area (Å²) in [6.07, 6.45) is 0.906. The van der Waals surface area contributed by atoms with E-state index in [0.717, 1.165) is 12.0 Å². The van der Waals surface area contributed by atoms with Crippen LogP contribution in [0.3, 0.4) is 0 Å². The molecule has 3 nitrogen and oxygen atoms in total. The normalized spacial score (nSPS) is 11.9. The number of carbonyl (C=O) groups excluding carboxylic acids is 1. The predicted molar refractivity (Wildman–Crippen MR) is 59.5 cm³/mol. The van der Waals surface area contributed by atoms with E-state index in [2.05, 4.69) is 5.32 Å². The number of hydrogen-bond acceptors (Lipinski definition) is 3. The third-order valence-electron chi connectivity index (χ3n) is 2.21. The predicted octanol–water partition coefficient (Wildman–Crippen LogP) is 2.19. The third kappa shape index (κ3) is 3.10. The van der Waals surface area contributed by atoms with E-state index < -0.39 is 0 Å². The van der Waals surface area contributed by atoms with Gasteiger partial charge in [-0.25, -0.2) is 0 Å². The molecule has 0 fully saturated rings. The molecule has 1 aromatic rings. The largest absolute Gasteiger partial charge is 0.375 e. The van der Waals surface area contributed by atoms with E-state index in [1.165, 1.54) is 0 Å². The van der Waals surface area contributed by atoms with Crippen molar-refractivity contribution < 1.29 is 4.79 Å². The molecule has 0 aliphatic rings. The Kier molecular flexibility index (Phi) is 3.87. The molecular weight excluding hydrogens is 188 g/mol. The van der Waals surface area contributed by atoms with Crippen LogP contribution >= 0.6 is 0 Å². The highest BCUT2D eigenvalue weighted by atomic mass is 16.1. The Balaban J connectivity index is 2.72. The van der Waals surface area contributed by atoms with Crippen molar-refractivity contribution in [2.75, 3.05) is 5.32 Å². The van der Waals surface area contributed by atoms with Gasteiger partial charge in [-0.15, -0.1) is 0 Å². The molecule has 1 N–H and O–H groups in total. The lowest BCUT2D eigenvalue weighted by atomic mass is 10.1. The van der Waals surface area contributed by atoms with Crippen LogP contribution in [0.4, 0.5) is 5.69 Å². The molecule has 0 unspecified atom stereocenters. The van der Waals surface area contributed by atoms with E-state index >= 15 is 0 Å². The van der Waals surface area contributed by atoms with E-state index in [1.807, 2.05) is 19.9 Å². The summed E-state index contributed by atoms with van der Waals surface area (Å²) >= 11 is 0. The Bertz CT molecular complexity index is 362. The van der Waals surface area contributed by atoms with Gasteiger partial charge in [-0.05, 0) is 30.2 Å². The second-order valence-corrected chi connectivity index (χ2v) is 3.74. The lowest BCUT2D eigenvalue weighted by Gasteiger charge is -2.17. The number of rotatable bonds is 4. The molecule has 0 spiro atoms. The number of carbonyl (C=O) groups is 1. The zero-order chi connectivity index (χ0) is 11.3. The molecule has 0 saturated heterocycles. The van der Waals surface area contributed by atoms with Crippen molar-refractivity contribution in [2.45, 2.75) is 19.9 Å². The van der Waals surface area contributed by atoms with Crippen molar-refractivity contribution in [3.63, 3.8) is 0 Å². The molecule has 0 aliphatic carbocycles. The minimum Gasteiger partial charge on any atom is -0.375 e. The highest BCUT2D eigenvalue weighted by molar-refractivity contribution is 5.65. The van der Waals surface area contributed by atoms with Crippen LogP contribution in [-0.4, -0.2) is 12.3 Å². The fourth-order valence-electron chi connectivity index (χ4n) is 1.19. The van der Waals surface area contributed by atoms with Gasteiger partial charge < -0.3 is 10.1 Å². The zero-order valence-electron chi connectivity index (χ0n) is 8.90. The fourth-order valence-corrected chi connectivity index (χ4v) is 1.19. The number of nitrogens with zero attached hydrogens (tertiary/aromatic N) is 1. The molecule has 1 rings (SSSR count). The average molecular weight is 202 g/mol. The summed E-state index contributed by atoms with van der Waals surface area (Å²) in [7, 11) is 0. The summed E-state index contributed by atoms with van der Waals surface area (Å²) in [5.41, 5.74) is 1.48. The van der Waals surface area contributed by atoms with Gasteiger partial charge in [0.25, 0.3) is 0 Å². The van der Waals surface area contributed by atoms with E-state index in [0.29, 0.717) is 5.56 Å². The van der Waals surface area contributed by atoms with Gasteiger partial charge in [-0.2, -0.15) is 5.26 Å². The van der Waals surface area contributed by atoms with Crippen LogP contribution in [0.15, 0.2) is 24.3 Å². The summed E-state index contributed by atoms with van der Waals surface area (Å²) in [5, 5.41) is 11.7. The molecule has 1 aromatic carbocycles. The van der Waals surface area contributed by atoms with E-state index in [-0.39, 0.29) is 12.0 Å². The van der Waals surface area contributed by atoms with Gasteiger partial charge in [0, 0.05) is 5.69 Å². The minimum atomic E-state index is -0.182. The Morgan fingerprint density at radius 2 is 1.93 bits per heavy atom. The SMILES string of the molecule is CC(C)[C@@H](C=O)Nc1ccc(C#N)cc1. The monoisotopic (exact) mass is 202 g/mol. The molecule has 0 aliphatic heterocycles. The molecule has 3 heteroatoms. The first-order valence-electron chi connectivity index (χ1n) is 4.89. The maximum absolute atomic E-state index is 10.8. The molecule has 0 aromatic heterocycles. The van der Waals surface area contributed by atoms with Crippen molar-refractivity contribution in [3.8, 4) is 6.07 Å². The fraction of sp³-hybridized carbons (Fsp3) is 0.333. The molecule has 78 valence electrons. The van der Waals surface area contributed by atoms with Gasteiger partial charge in [-0.1, -0.05) is 13.8 Å². The lowest BCUT2D eigenvalue weighted by Crippen LogP contribution is -2.26. The van der Waals surface area contributed by atoms with E-state index in [4.69, 9.17) is 5.26 Å². The second-order valence-electron chi connectivity index (χ2n) is 3.74. The molecule has 0 saturated carbocycles. The Labute approximate surface area is 89.7 Å². The first-order chi connectivity index (χ1) is 7.17. The lowest BCUT2D eigenvalue weighted by molar-refractivity contribution is -0.109. The van der Waals surface area contributed by atoms with Crippen molar-refractivity contribution in [2.24, 2.45) is 5.92 Å². The third-order valence-corrected chi connectivity index (χ3v) is 2.21. The Morgan fingerprint density at radius 1 is 1.33 bits per heavy atom. The van der Waals surface area contributed by atoms with Crippen LogP contribution < -0.4 is 5.32 Å². The number of benzene rings is 1. The van der Waals surface area contributed by atoms with Gasteiger partial charge in [0.05, 0.1) is 17.7 Å². The molecule has 0 amide bonds. The number of nitrogens with one attached hydrogen (secondary N) is 1. The summed E-state index contributed by atoms with van der Waals surface area (Å²) in [5.74, 6) is 0.248. The maximum Gasteiger partial charge on any atom is 0.142 e. The van der Waals surface area contributed by atoms with Crippen molar-refractivity contribution in [3.05, 3.63) is 29.8 Å². The minimum absolute atomic E-state index is 0.182. The van der Waals surface area contributed by atoms with Crippen molar-refractivity contribution in [1.29, 1.82) is 5.26 Å². The average Bonchev–Trinajstić information content (AvgIpc) is 2.26. The summed E-state index contributed by atoms with van der Waals surface area (Å²) < 4.78 is 0. The van der Waals surface area contributed by atoms with E-state index in [1.54, 1.807) is 24.3 Å². The van der Waals surface area contributed by atoms with Crippen LogP contribution in [-0.2, 0) is 4.79 Å². The maximum atomic E-state index is 10.8.